The molecule has 0 spiro atoms. The Morgan fingerprint density at radius 2 is 2.00 bits per heavy atom. The minimum Gasteiger partial charge on any atom is -0.475 e. The van der Waals surface area contributed by atoms with E-state index in [2.05, 4.69) is 15.1 Å². The molecule has 0 aliphatic heterocycles. The molecule has 3 rings (SSSR count). The zero-order valence-electron chi connectivity index (χ0n) is 15.0. The van der Waals surface area contributed by atoms with Crippen LogP contribution in [0.5, 0.6) is 5.88 Å². The Labute approximate surface area is 155 Å². The number of halogens is 1. The Balaban J connectivity index is 1.80. The summed E-state index contributed by atoms with van der Waals surface area (Å²) < 4.78 is 19.9. The third-order valence-electron chi connectivity index (χ3n) is 3.57. The van der Waals surface area contributed by atoms with Crippen molar-refractivity contribution in [3.05, 3.63) is 70.7 Å². The molecule has 0 saturated heterocycles. The van der Waals surface area contributed by atoms with E-state index in [1.807, 2.05) is 0 Å². The van der Waals surface area contributed by atoms with Crippen LogP contribution in [-0.4, -0.2) is 37.1 Å². The lowest BCUT2D eigenvalue weighted by Gasteiger charge is -2.17. The van der Waals surface area contributed by atoms with Crippen molar-refractivity contribution in [1.82, 2.24) is 19.7 Å². The van der Waals surface area contributed by atoms with Crippen molar-refractivity contribution >= 4 is 0 Å². The van der Waals surface area contributed by atoms with Gasteiger partial charge in [0.05, 0.1) is 24.0 Å². The van der Waals surface area contributed by atoms with E-state index in [9.17, 15) is 14.3 Å². The van der Waals surface area contributed by atoms with Gasteiger partial charge in [-0.05, 0) is 37.6 Å². The number of aliphatic hydroxyl groups is 1. The maximum atomic E-state index is 13.3. The highest BCUT2D eigenvalue weighted by Gasteiger charge is 2.14. The average Bonchev–Trinajstić information content (AvgIpc) is 2.62. The van der Waals surface area contributed by atoms with Gasteiger partial charge in [-0.1, -0.05) is 0 Å². The molecular formula is C19H19FN4O3. The minimum absolute atomic E-state index is 0.109. The molecule has 7 nitrogen and oxygen atoms in total. The first kappa shape index (κ1) is 18.7. The second-order valence-corrected chi connectivity index (χ2v) is 6.71. The lowest BCUT2D eigenvalue weighted by Crippen LogP contribution is -2.28. The number of rotatable bonds is 6. The van der Waals surface area contributed by atoms with Gasteiger partial charge in [0, 0.05) is 30.1 Å². The first-order chi connectivity index (χ1) is 12.8. The highest BCUT2D eigenvalue weighted by molar-refractivity contribution is 5.57. The fraction of sp³-hybridized carbons (Fsp3) is 0.263. The number of aromatic nitrogens is 4. The highest BCUT2D eigenvalue weighted by atomic mass is 19.1. The molecule has 140 valence electrons. The fourth-order valence-corrected chi connectivity index (χ4v) is 2.30. The molecule has 1 N–H and O–H groups in total. The third-order valence-corrected chi connectivity index (χ3v) is 3.57. The van der Waals surface area contributed by atoms with Crippen LogP contribution in [0.2, 0.25) is 0 Å². The van der Waals surface area contributed by atoms with Gasteiger partial charge in [-0.3, -0.25) is 9.78 Å². The maximum absolute atomic E-state index is 13.3. The van der Waals surface area contributed by atoms with Crippen LogP contribution in [0.4, 0.5) is 4.39 Å². The van der Waals surface area contributed by atoms with Crippen molar-refractivity contribution in [2.75, 3.05) is 6.61 Å². The van der Waals surface area contributed by atoms with Crippen LogP contribution in [0.3, 0.4) is 0 Å². The Morgan fingerprint density at radius 1 is 1.19 bits per heavy atom. The second-order valence-electron chi connectivity index (χ2n) is 6.71. The number of pyridine rings is 2. The van der Waals surface area contributed by atoms with E-state index < -0.39 is 11.4 Å². The van der Waals surface area contributed by atoms with E-state index in [1.165, 1.54) is 23.0 Å². The van der Waals surface area contributed by atoms with Gasteiger partial charge in [0.15, 0.2) is 0 Å². The Morgan fingerprint density at radius 3 is 2.67 bits per heavy atom. The lowest BCUT2D eigenvalue weighted by molar-refractivity contribution is 0.0268. The second kappa shape index (κ2) is 7.63. The molecule has 0 aliphatic rings. The Hall–Kier alpha value is -3.13. The summed E-state index contributed by atoms with van der Waals surface area (Å²) in [4.78, 5) is 20.0. The van der Waals surface area contributed by atoms with E-state index in [1.54, 1.807) is 38.2 Å². The summed E-state index contributed by atoms with van der Waals surface area (Å²) >= 11 is 0. The molecule has 0 atom stereocenters. The van der Waals surface area contributed by atoms with E-state index >= 15 is 0 Å². The van der Waals surface area contributed by atoms with Gasteiger partial charge >= 0.3 is 0 Å². The van der Waals surface area contributed by atoms with Crippen LogP contribution in [0.1, 0.15) is 19.4 Å². The Kier molecular flexibility index (Phi) is 5.27. The van der Waals surface area contributed by atoms with Crippen LogP contribution in [0, 0.1) is 5.82 Å². The summed E-state index contributed by atoms with van der Waals surface area (Å²) in [5.74, 6) is -0.0948. The van der Waals surface area contributed by atoms with E-state index in [0.717, 1.165) is 6.20 Å². The van der Waals surface area contributed by atoms with Crippen LogP contribution >= 0.6 is 0 Å². The summed E-state index contributed by atoms with van der Waals surface area (Å²) in [5, 5.41) is 14.0. The summed E-state index contributed by atoms with van der Waals surface area (Å²) in [6.07, 6.45) is 4.16. The van der Waals surface area contributed by atoms with Crippen LogP contribution in [0.15, 0.2) is 53.7 Å². The van der Waals surface area contributed by atoms with Gasteiger partial charge in [0.2, 0.25) is 5.88 Å². The highest BCUT2D eigenvalue weighted by Crippen LogP contribution is 2.18. The van der Waals surface area contributed by atoms with Gasteiger partial charge < -0.3 is 9.84 Å². The molecule has 0 aromatic carbocycles. The predicted molar refractivity (Wildman–Crippen MR) is 96.8 cm³/mol. The molecular weight excluding hydrogens is 351 g/mol. The average molecular weight is 370 g/mol. The molecule has 0 radical (unpaired) electrons. The van der Waals surface area contributed by atoms with E-state index in [-0.39, 0.29) is 18.7 Å². The SMILES string of the molecule is CC(C)(O)COc1ccc(-c2ccc(=O)n(Cc3cncc(F)c3)n2)cn1. The van der Waals surface area contributed by atoms with E-state index in [4.69, 9.17) is 4.74 Å². The van der Waals surface area contributed by atoms with Crippen LogP contribution in [-0.2, 0) is 6.54 Å². The fourth-order valence-electron chi connectivity index (χ4n) is 2.30. The zero-order valence-corrected chi connectivity index (χ0v) is 15.0. The van der Waals surface area contributed by atoms with Gasteiger partial charge in [-0.2, -0.15) is 5.10 Å². The monoisotopic (exact) mass is 370 g/mol. The lowest BCUT2D eigenvalue weighted by atomic mass is 10.2. The number of hydrogen-bond donors (Lipinski definition) is 1. The molecule has 3 heterocycles. The molecule has 0 unspecified atom stereocenters. The smallest absolute Gasteiger partial charge is 0.267 e. The molecule has 0 saturated carbocycles. The summed E-state index contributed by atoms with van der Waals surface area (Å²) in [5.41, 5.74) is 0.511. The minimum atomic E-state index is -0.955. The molecule has 0 bridgehead atoms. The molecule has 0 amide bonds. The molecule has 27 heavy (non-hydrogen) atoms. The first-order valence-corrected chi connectivity index (χ1v) is 8.29. The van der Waals surface area contributed by atoms with Crippen LogP contribution < -0.4 is 10.3 Å². The van der Waals surface area contributed by atoms with Crippen LogP contribution in [0.25, 0.3) is 11.3 Å². The summed E-state index contributed by atoms with van der Waals surface area (Å²) in [6.45, 7) is 3.51. The van der Waals surface area contributed by atoms with Crippen molar-refractivity contribution in [2.24, 2.45) is 0 Å². The van der Waals surface area contributed by atoms with Gasteiger partial charge in [-0.25, -0.2) is 14.1 Å². The van der Waals surface area contributed by atoms with E-state index in [0.29, 0.717) is 22.7 Å². The largest absolute Gasteiger partial charge is 0.475 e. The normalized spacial score (nSPS) is 11.4. The molecule has 3 aromatic rings. The first-order valence-electron chi connectivity index (χ1n) is 8.29. The van der Waals surface area contributed by atoms with Gasteiger partial charge in [-0.15, -0.1) is 0 Å². The van der Waals surface area contributed by atoms with Crippen molar-refractivity contribution in [3.63, 3.8) is 0 Å². The Bertz CT molecular complexity index is 981. The van der Waals surface area contributed by atoms with Crippen molar-refractivity contribution in [2.45, 2.75) is 26.0 Å². The maximum Gasteiger partial charge on any atom is 0.267 e. The number of nitrogens with zero attached hydrogens (tertiary/aromatic N) is 4. The molecule has 0 fully saturated rings. The summed E-state index contributed by atoms with van der Waals surface area (Å²) in [7, 11) is 0. The summed E-state index contributed by atoms with van der Waals surface area (Å²) in [6, 6.07) is 7.72. The number of ether oxygens (including phenoxy) is 1. The van der Waals surface area contributed by atoms with Crippen molar-refractivity contribution in [3.8, 4) is 17.1 Å². The topological polar surface area (TPSA) is 90.1 Å². The molecule has 8 heteroatoms. The van der Waals surface area contributed by atoms with Gasteiger partial charge in [0.1, 0.15) is 12.4 Å². The zero-order chi connectivity index (χ0) is 19.4. The third kappa shape index (κ3) is 5.18. The van der Waals surface area contributed by atoms with Gasteiger partial charge in [0.25, 0.3) is 5.56 Å². The standard InChI is InChI=1S/C19H19FN4O3/c1-19(2,26)12-27-17-5-3-14(9-22-17)16-4-6-18(25)24(23-16)11-13-7-15(20)10-21-8-13/h3-10,26H,11-12H2,1-2H3. The predicted octanol–water partition coefficient (Wildman–Crippen LogP) is 2.04. The number of hydrogen-bond acceptors (Lipinski definition) is 6. The molecule has 0 aliphatic carbocycles. The quantitative estimate of drug-likeness (QED) is 0.714. The van der Waals surface area contributed by atoms with Crippen molar-refractivity contribution in [1.29, 1.82) is 0 Å². The van der Waals surface area contributed by atoms with Crippen molar-refractivity contribution < 1.29 is 14.2 Å². The molecule has 3 aromatic heterocycles.